The van der Waals surface area contributed by atoms with Crippen molar-refractivity contribution in [1.29, 1.82) is 0 Å². The van der Waals surface area contributed by atoms with E-state index in [1.165, 1.54) is 11.1 Å². The Bertz CT molecular complexity index is 235. The van der Waals surface area contributed by atoms with Gasteiger partial charge in [0.05, 0.1) is 0 Å². The van der Waals surface area contributed by atoms with Crippen LogP contribution in [0, 0.1) is 23.2 Å². The molecular formula is C15H28. The number of rotatable bonds is 4. The van der Waals surface area contributed by atoms with Gasteiger partial charge < -0.3 is 0 Å². The van der Waals surface area contributed by atoms with E-state index in [2.05, 4.69) is 61.6 Å². The highest BCUT2D eigenvalue weighted by molar-refractivity contribution is 5.23. The van der Waals surface area contributed by atoms with E-state index < -0.39 is 0 Å². The summed E-state index contributed by atoms with van der Waals surface area (Å²) in [4.78, 5) is 0. The zero-order valence-corrected chi connectivity index (χ0v) is 11.6. The molecule has 0 saturated heterocycles. The third kappa shape index (κ3) is 3.85. The fourth-order valence-corrected chi connectivity index (χ4v) is 1.88. The normalized spacial score (nSPS) is 14.5. The Morgan fingerprint density at radius 1 is 0.933 bits per heavy atom. The molecule has 0 radical (unpaired) electrons. The molecule has 0 rings (SSSR count). The van der Waals surface area contributed by atoms with Crippen LogP contribution < -0.4 is 0 Å². The van der Waals surface area contributed by atoms with Gasteiger partial charge in [-0.3, -0.25) is 0 Å². The van der Waals surface area contributed by atoms with Crippen LogP contribution in [0.25, 0.3) is 0 Å². The molecule has 0 heteroatoms. The molecule has 0 spiro atoms. The largest absolute Gasteiger partial charge is 0.0990 e. The maximum absolute atomic E-state index is 4.29. The quantitative estimate of drug-likeness (QED) is 0.566. The third-order valence-electron chi connectivity index (χ3n) is 3.15. The van der Waals surface area contributed by atoms with Gasteiger partial charge in [0.15, 0.2) is 0 Å². The molecule has 0 aromatic carbocycles. The molecule has 0 aliphatic rings. The summed E-state index contributed by atoms with van der Waals surface area (Å²) in [6, 6.07) is 0. The molecule has 0 N–H and O–H groups in total. The standard InChI is InChI=1S/C15H28/c1-10(2)12(5)14(11(3)4)13(6)15(7,8)9/h10-11,14H,5-6H2,1-4,7-9H3. The molecule has 15 heavy (non-hydrogen) atoms. The maximum Gasteiger partial charge on any atom is 0.00324 e. The van der Waals surface area contributed by atoms with Crippen LogP contribution >= 0.6 is 0 Å². The Balaban J connectivity index is 5.01. The van der Waals surface area contributed by atoms with Crippen LogP contribution in [0.1, 0.15) is 48.5 Å². The lowest BCUT2D eigenvalue weighted by Gasteiger charge is -2.35. The molecule has 0 amide bonds. The second kappa shape index (κ2) is 5.01. The van der Waals surface area contributed by atoms with E-state index in [0.717, 1.165) is 0 Å². The first-order chi connectivity index (χ1) is 6.59. The van der Waals surface area contributed by atoms with Gasteiger partial charge in [0, 0.05) is 5.92 Å². The minimum atomic E-state index is 0.173. The average Bonchev–Trinajstić information content (AvgIpc) is 2.01. The predicted molar refractivity (Wildman–Crippen MR) is 70.9 cm³/mol. The molecule has 0 aromatic rings. The van der Waals surface area contributed by atoms with E-state index in [0.29, 0.717) is 17.8 Å². The van der Waals surface area contributed by atoms with Gasteiger partial charge in [-0.15, -0.1) is 0 Å². The smallest absolute Gasteiger partial charge is 0.00324 e. The molecule has 88 valence electrons. The first-order valence-corrected chi connectivity index (χ1v) is 5.97. The maximum atomic E-state index is 4.29. The van der Waals surface area contributed by atoms with Gasteiger partial charge in [-0.05, 0) is 17.3 Å². The highest BCUT2D eigenvalue weighted by Gasteiger charge is 2.28. The molecule has 0 aromatic heterocycles. The van der Waals surface area contributed by atoms with Crippen LogP contribution in [-0.4, -0.2) is 0 Å². The Morgan fingerprint density at radius 3 is 1.53 bits per heavy atom. The van der Waals surface area contributed by atoms with E-state index in [4.69, 9.17) is 0 Å². The van der Waals surface area contributed by atoms with Crippen LogP contribution in [0.2, 0.25) is 0 Å². The minimum absolute atomic E-state index is 0.173. The molecule has 0 nitrogen and oxygen atoms in total. The Kier molecular flexibility index (Phi) is 4.83. The van der Waals surface area contributed by atoms with Crippen molar-refractivity contribution in [2.45, 2.75) is 48.5 Å². The van der Waals surface area contributed by atoms with E-state index in [-0.39, 0.29) is 5.41 Å². The summed E-state index contributed by atoms with van der Waals surface area (Å²) in [5.74, 6) is 1.58. The molecule has 0 aliphatic carbocycles. The summed E-state index contributed by atoms with van der Waals surface area (Å²) in [5, 5.41) is 0. The molecule has 1 unspecified atom stereocenters. The van der Waals surface area contributed by atoms with E-state index in [9.17, 15) is 0 Å². The molecule has 0 aliphatic heterocycles. The van der Waals surface area contributed by atoms with E-state index >= 15 is 0 Å². The average molecular weight is 208 g/mol. The highest BCUT2D eigenvalue weighted by atomic mass is 14.3. The molecule has 1 atom stereocenters. The van der Waals surface area contributed by atoms with Gasteiger partial charge in [-0.1, -0.05) is 72.8 Å². The SMILES string of the molecule is C=C(C(C)C)C(C(=C)C(C)(C)C)C(C)C. The summed E-state index contributed by atoms with van der Waals surface area (Å²) in [6.45, 7) is 24.2. The first-order valence-electron chi connectivity index (χ1n) is 5.97. The van der Waals surface area contributed by atoms with Crippen molar-refractivity contribution in [3.8, 4) is 0 Å². The Labute approximate surface area is 96.5 Å². The van der Waals surface area contributed by atoms with Gasteiger partial charge >= 0.3 is 0 Å². The second-order valence-corrected chi connectivity index (χ2v) is 6.23. The summed E-state index contributed by atoms with van der Waals surface area (Å²) in [5.41, 5.74) is 2.81. The monoisotopic (exact) mass is 208 g/mol. The summed E-state index contributed by atoms with van der Waals surface area (Å²) in [6.07, 6.45) is 0. The Morgan fingerprint density at radius 2 is 1.33 bits per heavy atom. The van der Waals surface area contributed by atoms with Gasteiger partial charge in [0.2, 0.25) is 0 Å². The van der Waals surface area contributed by atoms with Crippen molar-refractivity contribution in [2.75, 3.05) is 0 Å². The van der Waals surface area contributed by atoms with E-state index in [1.54, 1.807) is 0 Å². The van der Waals surface area contributed by atoms with Crippen LogP contribution in [0.4, 0.5) is 0 Å². The minimum Gasteiger partial charge on any atom is -0.0990 e. The fraction of sp³-hybridized carbons (Fsp3) is 0.733. The van der Waals surface area contributed by atoms with Crippen molar-refractivity contribution >= 4 is 0 Å². The van der Waals surface area contributed by atoms with Crippen molar-refractivity contribution in [2.24, 2.45) is 23.2 Å². The predicted octanol–water partition coefficient (Wildman–Crippen LogP) is 5.07. The molecule has 0 bridgehead atoms. The van der Waals surface area contributed by atoms with Crippen LogP contribution in [-0.2, 0) is 0 Å². The van der Waals surface area contributed by atoms with Crippen molar-refractivity contribution < 1.29 is 0 Å². The van der Waals surface area contributed by atoms with Gasteiger partial charge in [-0.2, -0.15) is 0 Å². The second-order valence-electron chi connectivity index (χ2n) is 6.23. The molecular weight excluding hydrogens is 180 g/mol. The zero-order chi connectivity index (χ0) is 12.4. The van der Waals surface area contributed by atoms with Crippen molar-refractivity contribution in [3.05, 3.63) is 24.3 Å². The fourth-order valence-electron chi connectivity index (χ4n) is 1.88. The van der Waals surface area contributed by atoms with Crippen LogP contribution in [0.3, 0.4) is 0 Å². The Hall–Kier alpha value is -0.520. The van der Waals surface area contributed by atoms with Crippen LogP contribution in [0.5, 0.6) is 0 Å². The van der Waals surface area contributed by atoms with Gasteiger partial charge in [0.1, 0.15) is 0 Å². The van der Waals surface area contributed by atoms with Crippen LogP contribution in [0.15, 0.2) is 24.3 Å². The molecule has 0 heterocycles. The van der Waals surface area contributed by atoms with Gasteiger partial charge in [0.25, 0.3) is 0 Å². The molecule has 0 saturated carbocycles. The zero-order valence-electron chi connectivity index (χ0n) is 11.6. The highest BCUT2D eigenvalue weighted by Crippen LogP contribution is 2.39. The number of hydrogen-bond donors (Lipinski definition) is 0. The lowest BCUT2D eigenvalue weighted by molar-refractivity contribution is 0.374. The van der Waals surface area contributed by atoms with Crippen molar-refractivity contribution in [1.82, 2.24) is 0 Å². The topological polar surface area (TPSA) is 0 Å². The van der Waals surface area contributed by atoms with Gasteiger partial charge in [-0.25, -0.2) is 0 Å². The number of hydrogen-bond acceptors (Lipinski definition) is 0. The lowest BCUT2D eigenvalue weighted by Crippen LogP contribution is -2.24. The first kappa shape index (κ1) is 14.5. The lowest BCUT2D eigenvalue weighted by atomic mass is 9.70. The van der Waals surface area contributed by atoms with E-state index in [1.807, 2.05) is 0 Å². The summed E-state index contributed by atoms with van der Waals surface area (Å²) >= 11 is 0. The van der Waals surface area contributed by atoms with Crippen molar-refractivity contribution in [3.63, 3.8) is 0 Å². The summed E-state index contributed by atoms with van der Waals surface area (Å²) < 4.78 is 0. The summed E-state index contributed by atoms with van der Waals surface area (Å²) in [7, 11) is 0. The molecule has 0 fully saturated rings. The third-order valence-corrected chi connectivity index (χ3v) is 3.15. The number of allylic oxidation sites excluding steroid dienone is 2.